The molecular formula is C21H20ClN5O3. The number of carbonyl (C=O) groups is 2. The molecule has 8 nitrogen and oxygen atoms in total. The molecule has 0 bridgehead atoms. The molecule has 1 fully saturated rings. The molecule has 1 aliphatic rings. The summed E-state index contributed by atoms with van der Waals surface area (Å²) in [7, 11) is 0. The predicted molar refractivity (Wildman–Crippen MR) is 116 cm³/mol. The normalized spacial score (nSPS) is 13.9. The number of aryl methyl sites for hydroxylation is 1. The Hall–Kier alpha value is -3.39. The second-order valence-corrected chi connectivity index (χ2v) is 7.46. The number of nitrogens with zero attached hydrogens (tertiary/aromatic N) is 3. The fourth-order valence-electron chi connectivity index (χ4n) is 3.49. The summed E-state index contributed by atoms with van der Waals surface area (Å²) in [5, 5.41) is 6.43. The van der Waals surface area contributed by atoms with Crippen LogP contribution in [0.2, 0.25) is 5.02 Å². The number of fused-ring (bicyclic) bond motifs is 1. The van der Waals surface area contributed by atoms with Crippen molar-refractivity contribution in [3.05, 3.63) is 63.7 Å². The van der Waals surface area contributed by atoms with Gasteiger partial charge in [-0.15, -0.1) is 0 Å². The van der Waals surface area contributed by atoms with Gasteiger partial charge in [-0.25, -0.2) is 4.98 Å². The van der Waals surface area contributed by atoms with Gasteiger partial charge in [0.1, 0.15) is 12.4 Å². The van der Waals surface area contributed by atoms with Crippen molar-refractivity contribution in [2.24, 2.45) is 0 Å². The van der Waals surface area contributed by atoms with E-state index in [0.29, 0.717) is 40.5 Å². The van der Waals surface area contributed by atoms with Gasteiger partial charge in [0, 0.05) is 18.8 Å². The van der Waals surface area contributed by atoms with Crippen LogP contribution in [0.1, 0.15) is 5.82 Å². The Morgan fingerprint density at radius 2 is 2.03 bits per heavy atom. The molecule has 1 aliphatic heterocycles. The molecule has 2 amide bonds. The van der Waals surface area contributed by atoms with E-state index in [1.807, 2.05) is 11.0 Å². The van der Waals surface area contributed by atoms with Gasteiger partial charge in [0.25, 0.3) is 5.56 Å². The Labute approximate surface area is 177 Å². The number of nitrogens with one attached hydrogen (secondary N) is 2. The number of hydrogen-bond acceptors (Lipinski definition) is 5. The molecule has 0 radical (unpaired) electrons. The van der Waals surface area contributed by atoms with Crippen molar-refractivity contribution in [1.29, 1.82) is 0 Å². The molecule has 4 rings (SSSR count). The summed E-state index contributed by atoms with van der Waals surface area (Å²) in [5.74, 6) is 0.0450. The number of piperazine rings is 1. The van der Waals surface area contributed by atoms with Gasteiger partial charge in [0.2, 0.25) is 11.8 Å². The first-order valence-electron chi connectivity index (χ1n) is 9.49. The number of para-hydroxylation sites is 1. The van der Waals surface area contributed by atoms with E-state index < -0.39 is 0 Å². The zero-order chi connectivity index (χ0) is 21.3. The lowest BCUT2D eigenvalue weighted by Gasteiger charge is -2.29. The lowest BCUT2D eigenvalue weighted by atomic mass is 10.2. The molecule has 0 spiro atoms. The van der Waals surface area contributed by atoms with Crippen LogP contribution in [0.3, 0.4) is 0 Å². The zero-order valence-corrected chi connectivity index (χ0v) is 17.1. The fourth-order valence-corrected chi connectivity index (χ4v) is 3.79. The molecule has 2 N–H and O–H groups in total. The Kier molecular flexibility index (Phi) is 5.41. The Balaban J connectivity index is 1.51. The molecule has 1 aromatic heterocycles. The van der Waals surface area contributed by atoms with Gasteiger partial charge in [0.15, 0.2) is 0 Å². The molecule has 2 aromatic carbocycles. The summed E-state index contributed by atoms with van der Waals surface area (Å²) in [4.78, 5) is 43.2. The molecule has 3 aromatic rings. The quantitative estimate of drug-likeness (QED) is 0.665. The van der Waals surface area contributed by atoms with E-state index in [-0.39, 0.29) is 30.5 Å². The first-order chi connectivity index (χ1) is 14.4. The van der Waals surface area contributed by atoms with Crippen molar-refractivity contribution in [3.63, 3.8) is 0 Å². The minimum atomic E-state index is -0.363. The van der Waals surface area contributed by atoms with E-state index in [4.69, 9.17) is 11.6 Å². The highest BCUT2D eigenvalue weighted by Gasteiger charge is 2.19. The minimum absolute atomic E-state index is 0.0560. The maximum Gasteiger partial charge on any atom is 0.261 e. The average Bonchev–Trinajstić information content (AvgIpc) is 2.71. The first-order valence-corrected chi connectivity index (χ1v) is 9.87. The number of anilines is 2. The van der Waals surface area contributed by atoms with Crippen molar-refractivity contribution < 1.29 is 9.59 Å². The molecule has 1 saturated heterocycles. The second kappa shape index (κ2) is 8.16. The van der Waals surface area contributed by atoms with Gasteiger partial charge in [0.05, 0.1) is 28.2 Å². The zero-order valence-electron chi connectivity index (χ0n) is 16.3. The summed E-state index contributed by atoms with van der Waals surface area (Å²) in [6.07, 6.45) is 0. The van der Waals surface area contributed by atoms with Gasteiger partial charge >= 0.3 is 0 Å². The SMILES string of the molecule is Cc1nc2ccccc2c(=O)n1CC(=O)Nc1ccc(N2CCNC(=O)C2)c(Cl)c1. The molecular weight excluding hydrogens is 406 g/mol. The van der Waals surface area contributed by atoms with Crippen LogP contribution in [-0.4, -0.2) is 41.0 Å². The standard InChI is InChI=1S/C21H20ClN5O3/c1-13-24-17-5-3-2-4-15(17)21(30)27(13)12-20(29)25-14-6-7-18(16(22)10-14)26-9-8-23-19(28)11-26/h2-7,10H,8-9,11-12H2,1H3,(H,23,28)(H,25,29). The number of halogens is 1. The maximum atomic E-state index is 12.7. The van der Waals surface area contributed by atoms with Crippen LogP contribution in [0.4, 0.5) is 11.4 Å². The molecule has 154 valence electrons. The monoisotopic (exact) mass is 425 g/mol. The lowest BCUT2D eigenvalue weighted by molar-refractivity contribution is -0.120. The van der Waals surface area contributed by atoms with Gasteiger partial charge < -0.3 is 15.5 Å². The molecule has 0 saturated carbocycles. The van der Waals surface area contributed by atoms with Gasteiger partial charge in [-0.05, 0) is 37.3 Å². The topological polar surface area (TPSA) is 96.3 Å². The Morgan fingerprint density at radius 3 is 2.80 bits per heavy atom. The van der Waals surface area contributed by atoms with Crippen LogP contribution >= 0.6 is 11.6 Å². The third-order valence-electron chi connectivity index (χ3n) is 4.96. The second-order valence-electron chi connectivity index (χ2n) is 7.05. The van der Waals surface area contributed by atoms with Crippen LogP contribution in [0.15, 0.2) is 47.3 Å². The van der Waals surface area contributed by atoms with Gasteiger partial charge in [-0.2, -0.15) is 0 Å². The summed E-state index contributed by atoms with van der Waals surface area (Å²) < 4.78 is 1.35. The van der Waals surface area contributed by atoms with Crippen molar-refractivity contribution in [1.82, 2.24) is 14.9 Å². The summed E-state index contributed by atoms with van der Waals surface area (Å²) >= 11 is 6.38. The summed E-state index contributed by atoms with van der Waals surface area (Å²) in [6, 6.07) is 12.2. The van der Waals surface area contributed by atoms with Crippen LogP contribution < -0.4 is 21.1 Å². The summed E-state index contributed by atoms with van der Waals surface area (Å²) in [6.45, 7) is 2.99. The lowest BCUT2D eigenvalue weighted by Crippen LogP contribution is -2.47. The number of amides is 2. The molecule has 0 atom stereocenters. The van der Waals surface area contributed by atoms with E-state index >= 15 is 0 Å². The van der Waals surface area contributed by atoms with Crippen LogP contribution in [0, 0.1) is 6.92 Å². The maximum absolute atomic E-state index is 12.7. The van der Waals surface area contributed by atoms with Crippen molar-refractivity contribution in [2.75, 3.05) is 29.9 Å². The Bertz CT molecular complexity index is 1210. The smallest absolute Gasteiger partial charge is 0.261 e. The van der Waals surface area contributed by atoms with Crippen molar-refractivity contribution >= 4 is 45.7 Å². The molecule has 9 heteroatoms. The predicted octanol–water partition coefficient (Wildman–Crippen LogP) is 1.93. The average molecular weight is 426 g/mol. The third-order valence-corrected chi connectivity index (χ3v) is 5.27. The van der Waals surface area contributed by atoms with E-state index in [1.165, 1.54) is 4.57 Å². The van der Waals surface area contributed by atoms with Crippen LogP contribution in [0.5, 0.6) is 0 Å². The summed E-state index contributed by atoms with van der Waals surface area (Å²) in [5.41, 5.74) is 1.58. The van der Waals surface area contributed by atoms with Crippen molar-refractivity contribution in [3.8, 4) is 0 Å². The number of aromatic nitrogens is 2. The molecule has 30 heavy (non-hydrogen) atoms. The number of hydrogen-bond donors (Lipinski definition) is 2. The fraction of sp³-hybridized carbons (Fsp3) is 0.238. The van der Waals surface area contributed by atoms with Crippen molar-refractivity contribution in [2.45, 2.75) is 13.5 Å². The highest BCUT2D eigenvalue weighted by atomic mass is 35.5. The number of benzene rings is 2. The van der Waals surface area contributed by atoms with E-state index in [0.717, 1.165) is 5.69 Å². The van der Waals surface area contributed by atoms with Gasteiger partial charge in [-0.3, -0.25) is 19.0 Å². The van der Waals surface area contributed by atoms with Crippen LogP contribution in [0.25, 0.3) is 10.9 Å². The van der Waals surface area contributed by atoms with E-state index in [2.05, 4.69) is 15.6 Å². The molecule has 0 unspecified atom stereocenters. The molecule has 0 aliphatic carbocycles. The Morgan fingerprint density at radius 1 is 1.23 bits per heavy atom. The highest BCUT2D eigenvalue weighted by molar-refractivity contribution is 6.33. The van der Waals surface area contributed by atoms with Crippen LogP contribution in [-0.2, 0) is 16.1 Å². The third kappa shape index (κ3) is 3.99. The minimum Gasteiger partial charge on any atom is -0.359 e. The molecule has 2 heterocycles. The van der Waals surface area contributed by atoms with E-state index in [1.54, 1.807) is 43.3 Å². The van der Waals surface area contributed by atoms with E-state index in [9.17, 15) is 14.4 Å². The number of carbonyl (C=O) groups excluding carboxylic acids is 2. The largest absolute Gasteiger partial charge is 0.359 e. The first kappa shape index (κ1) is 19.9. The highest BCUT2D eigenvalue weighted by Crippen LogP contribution is 2.29. The van der Waals surface area contributed by atoms with Gasteiger partial charge in [-0.1, -0.05) is 23.7 Å². The number of rotatable bonds is 4.